The SMILES string of the molecule is Nc1cc(Cc2cccc(-c3ccccc3)c2)c(N)c(N)n1. The van der Waals surface area contributed by atoms with Gasteiger partial charge in [0.05, 0.1) is 5.69 Å². The summed E-state index contributed by atoms with van der Waals surface area (Å²) < 4.78 is 0. The molecule has 2 aromatic carbocycles. The molecule has 0 bridgehead atoms. The number of rotatable bonds is 3. The summed E-state index contributed by atoms with van der Waals surface area (Å²) in [5, 5.41) is 0. The molecule has 0 saturated carbocycles. The monoisotopic (exact) mass is 290 g/mol. The molecule has 0 atom stereocenters. The molecule has 1 aromatic heterocycles. The van der Waals surface area contributed by atoms with Crippen LogP contribution in [0.15, 0.2) is 60.7 Å². The first-order valence-corrected chi connectivity index (χ1v) is 7.08. The summed E-state index contributed by atoms with van der Waals surface area (Å²) in [6.45, 7) is 0. The Morgan fingerprint density at radius 1 is 0.773 bits per heavy atom. The Kier molecular flexibility index (Phi) is 3.66. The third-order valence-corrected chi connectivity index (χ3v) is 3.62. The molecule has 0 aliphatic rings. The first-order chi connectivity index (χ1) is 10.6. The fourth-order valence-corrected chi connectivity index (χ4v) is 2.51. The van der Waals surface area contributed by atoms with Gasteiger partial charge in [-0.3, -0.25) is 0 Å². The minimum Gasteiger partial charge on any atom is -0.396 e. The number of nitrogens with two attached hydrogens (primary N) is 3. The Labute approximate surface area is 129 Å². The molecule has 0 spiro atoms. The zero-order chi connectivity index (χ0) is 15.5. The summed E-state index contributed by atoms with van der Waals surface area (Å²) >= 11 is 0. The van der Waals surface area contributed by atoms with Gasteiger partial charge in [0.1, 0.15) is 11.6 Å². The van der Waals surface area contributed by atoms with Crippen molar-refractivity contribution in [3.05, 3.63) is 71.8 Å². The molecule has 110 valence electrons. The molecule has 0 fully saturated rings. The molecule has 0 saturated heterocycles. The summed E-state index contributed by atoms with van der Waals surface area (Å²) in [7, 11) is 0. The van der Waals surface area contributed by atoms with Crippen LogP contribution in [0, 0.1) is 0 Å². The number of nitrogen functional groups attached to an aromatic ring is 3. The van der Waals surface area contributed by atoms with Crippen molar-refractivity contribution >= 4 is 17.3 Å². The molecule has 0 aliphatic carbocycles. The van der Waals surface area contributed by atoms with Gasteiger partial charge in [0.15, 0.2) is 0 Å². The predicted octanol–water partition coefficient (Wildman–Crippen LogP) is 3.09. The number of aromatic nitrogens is 1. The lowest BCUT2D eigenvalue weighted by Gasteiger charge is -2.10. The maximum atomic E-state index is 6.01. The molecule has 1 heterocycles. The minimum absolute atomic E-state index is 0.286. The number of anilines is 3. The smallest absolute Gasteiger partial charge is 0.149 e. The lowest BCUT2D eigenvalue weighted by Crippen LogP contribution is -2.05. The second-order valence-corrected chi connectivity index (χ2v) is 5.25. The van der Waals surface area contributed by atoms with E-state index in [9.17, 15) is 0 Å². The number of benzene rings is 2. The van der Waals surface area contributed by atoms with Crippen molar-refractivity contribution in [3.63, 3.8) is 0 Å². The summed E-state index contributed by atoms with van der Waals surface area (Å²) in [4.78, 5) is 3.97. The van der Waals surface area contributed by atoms with Gasteiger partial charge in [-0.05, 0) is 34.7 Å². The third kappa shape index (κ3) is 2.86. The van der Waals surface area contributed by atoms with Gasteiger partial charge in [-0.15, -0.1) is 0 Å². The van der Waals surface area contributed by atoms with Crippen molar-refractivity contribution in [1.82, 2.24) is 4.98 Å². The van der Waals surface area contributed by atoms with E-state index < -0.39 is 0 Å². The first-order valence-electron chi connectivity index (χ1n) is 7.08. The zero-order valence-electron chi connectivity index (χ0n) is 12.2. The van der Waals surface area contributed by atoms with E-state index in [4.69, 9.17) is 17.2 Å². The fraction of sp³-hybridized carbons (Fsp3) is 0.0556. The van der Waals surface area contributed by atoms with Crippen LogP contribution in [0.1, 0.15) is 11.1 Å². The van der Waals surface area contributed by atoms with Crippen LogP contribution >= 0.6 is 0 Å². The van der Waals surface area contributed by atoms with Crippen LogP contribution in [0.25, 0.3) is 11.1 Å². The van der Waals surface area contributed by atoms with Crippen LogP contribution in [0.3, 0.4) is 0 Å². The van der Waals surface area contributed by atoms with E-state index in [0.717, 1.165) is 11.1 Å². The maximum absolute atomic E-state index is 6.01. The maximum Gasteiger partial charge on any atom is 0.149 e. The molecule has 6 N–H and O–H groups in total. The molecular weight excluding hydrogens is 272 g/mol. The van der Waals surface area contributed by atoms with Crippen LogP contribution in [-0.2, 0) is 6.42 Å². The van der Waals surface area contributed by atoms with E-state index in [1.807, 2.05) is 24.3 Å². The van der Waals surface area contributed by atoms with Crippen molar-refractivity contribution in [1.29, 1.82) is 0 Å². The number of hydrogen-bond acceptors (Lipinski definition) is 4. The highest BCUT2D eigenvalue weighted by atomic mass is 14.9. The molecule has 3 rings (SSSR count). The van der Waals surface area contributed by atoms with E-state index in [-0.39, 0.29) is 5.82 Å². The van der Waals surface area contributed by atoms with E-state index in [2.05, 4.69) is 35.3 Å². The van der Waals surface area contributed by atoms with E-state index >= 15 is 0 Å². The number of hydrogen-bond donors (Lipinski definition) is 3. The van der Waals surface area contributed by atoms with Gasteiger partial charge < -0.3 is 17.2 Å². The normalized spacial score (nSPS) is 10.5. The van der Waals surface area contributed by atoms with Gasteiger partial charge in [0.25, 0.3) is 0 Å². The zero-order valence-corrected chi connectivity index (χ0v) is 12.2. The lowest BCUT2D eigenvalue weighted by molar-refractivity contribution is 1.18. The quantitative estimate of drug-likeness (QED) is 0.691. The van der Waals surface area contributed by atoms with Crippen molar-refractivity contribution in [2.75, 3.05) is 17.2 Å². The van der Waals surface area contributed by atoms with Gasteiger partial charge in [0, 0.05) is 0 Å². The first kappa shape index (κ1) is 13.9. The van der Waals surface area contributed by atoms with Crippen molar-refractivity contribution < 1.29 is 0 Å². The highest BCUT2D eigenvalue weighted by Gasteiger charge is 2.08. The highest BCUT2D eigenvalue weighted by molar-refractivity contribution is 5.68. The Hall–Kier alpha value is -3.01. The van der Waals surface area contributed by atoms with E-state index in [1.165, 1.54) is 11.1 Å². The van der Waals surface area contributed by atoms with Gasteiger partial charge in [-0.25, -0.2) is 4.98 Å². The van der Waals surface area contributed by atoms with Crippen molar-refractivity contribution in [2.45, 2.75) is 6.42 Å². The highest BCUT2D eigenvalue weighted by Crippen LogP contribution is 2.25. The predicted molar refractivity (Wildman–Crippen MR) is 92.2 cm³/mol. The lowest BCUT2D eigenvalue weighted by atomic mass is 9.99. The summed E-state index contributed by atoms with van der Waals surface area (Å²) in [5.74, 6) is 0.676. The molecule has 3 aromatic rings. The van der Waals surface area contributed by atoms with Crippen LogP contribution in [0.2, 0.25) is 0 Å². The Morgan fingerprint density at radius 2 is 1.50 bits per heavy atom. The minimum atomic E-state index is 0.286. The van der Waals surface area contributed by atoms with Crippen LogP contribution in [-0.4, -0.2) is 4.98 Å². The average Bonchev–Trinajstić information content (AvgIpc) is 2.53. The van der Waals surface area contributed by atoms with E-state index in [1.54, 1.807) is 6.07 Å². The molecule has 0 amide bonds. The molecule has 0 radical (unpaired) electrons. The number of nitrogens with zero attached hydrogens (tertiary/aromatic N) is 1. The molecule has 0 unspecified atom stereocenters. The number of pyridine rings is 1. The summed E-state index contributed by atoms with van der Waals surface area (Å²) in [5.41, 5.74) is 22.4. The largest absolute Gasteiger partial charge is 0.396 e. The third-order valence-electron chi connectivity index (χ3n) is 3.62. The fourth-order valence-electron chi connectivity index (χ4n) is 2.51. The van der Waals surface area contributed by atoms with Crippen LogP contribution in [0.5, 0.6) is 0 Å². The molecular formula is C18H18N4. The summed E-state index contributed by atoms with van der Waals surface area (Å²) in [6, 6.07) is 20.4. The topological polar surface area (TPSA) is 91.0 Å². The van der Waals surface area contributed by atoms with E-state index in [0.29, 0.717) is 17.9 Å². The van der Waals surface area contributed by atoms with Crippen molar-refractivity contribution in [2.24, 2.45) is 0 Å². The van der Waals surface area contributed by atoms with Crippen LogP contribution in [0.4, 0.5) is 17.3 Å². The Balaban J connectivity index is 1.94. The van der Waals surface area contributed by atoms with Gasteiger partial charge in [-0.1, -0.05) is 54.6 Å². The van der Waals surface area contributed by atoms with Gasteiger partial charge in [0.2, 0.25) is 0 Å². The molecule has 0 aliphatic heterocycles. The van der Waals surface area contributed by atoms with Gasteiger partial charge >= 0.3 is 0 Å². The second-order valence-electron chi connectivity index (χ2n) is 5.25. The molecule has 4 heteroatoms. The Morgan fingerprint density at radius 3 is 2.27 bits per heavy atom. The van der Waals surface area contributed by atoms with Crippen molar-refractivity contribution in [3.8, 4) is 11.1 Å². The van der Waals surface area contributed by atoms with Crippen LogP contribution < -0.4 is 17.2 Å². The average molecular weight is 290 g/mol. The summed E-state index contributed by atoms with van der Waals surface area (Å²) in [6.07, 6.45) is 0.670. The Bertz CT molecular complexity index is 797. The van der Waals surface area contributed by atoms with Gasteiger partial charge in [-0.2, -0.15) is 0 Å². The molecule has 22 heavy (non-hydrogen) atoms. The molecule has 4 nitrogen and oxygen atoms in total. The second kappa shape index (κ2) is 5.77. The standard InChI is InChI=1S/C18H18N4/c19-16-11-15(17(20)18(21)22-16)10-12-5-4-8-14(9-12)13-6-2-1-3-7-13/h1-9,11H,10,20H2,(H4,19,21,22).